The molecule has 2 aliphatic carbocycles. The molecule has 0 saturated carbocycles. The van der Waals surface area contributed by atoms with Crippen LogP contribution in [0.1, 0.15) is 46.0 Å². The van der Waals surface area contributed by atoms with Gasteiger partial charge in [0, 0.05) is 6.61 Å². The lowest BCUT2D eigenvalue weighted by atomic mass is 9.72. The summed E-state index contributed by atoms with van der Waals surface area (Å²) >= 11 is 0. The van der Waals surface area contributed by atoms with Gasteiger partial charge in [0.15, 0.2) is 0 Å². The second kappa shape index (κ2) is 4.03. The normalized spacial score (nSPS) is 38.9. The van der Waals surface area contributed by atoms with Crippen LogP contribution in [-0.2, 0) is 4.74 Å². The number of fused-ring (bicyclic) bond motifs is 2. The molecule has 1 nitrogen and oxygen atoms in total. The van der Waals surface area contributed by atoms with Crippen molar-refractivity contribution < 1.29 is 4.74 Å². The predicted molar refractivity (Wildman–Crippen MR) is 66.3 cm³/mol. The molecule has 0 radical (unpaired) electrons. The van der Waals surface area contributed by atoms with Crippen molar-refractivity contribution in [2.75, 3.05) is 6.61 Å². The van der Waals surface area contributed by atoms with Crippen LogP contribution in [0.25, 0.3) is 0 Å². The van der Waals surface area contributed by atoms with E-state index >= 15 is 0 Å². The van der Waals surface area contributed by atoms with Crippen LogP contribution in [0, 0.1) is 11.8 Å². The fourth-order valence-electron chi connectivity index (χ4n) is 3.62. The molecule has 1 heterocycles. The Hall–Kier alpha value is -0.560. The van der Waals surface area contributed by atoms with Crippen molar-refractivity contribution in [2.24, 2.45) is 11.8 Å². The van der Waals surface area contributed by atoms with Gasteiger partial charge in [-0.05, 0) is 62.0 Å². The molecule has 0 spiro atoms. The minimum Gasteiger partial charge on any atom is -0.373 e. The Bertz CT molecular complexity index is 350. The van der Waals surface area contributed by atoms with Gasteiger partial charge >= 0.3 is 0 Å². The molecule has 1 aliphatic heterocycles. The molecule has 0 bridgehead atoms. The average molecular weight is 218 g/mol. The molecule has 1 heteroatoms. The molecule has 3 aliphatic rings. The van der Waals surface area contributed by atoms with Crippen molar-refractivity contribution in [2.45, 2.75) is 52.1 Å². The molecule has 0 amide bonds. The van der Waals surface area contributed by atoms with Crippen LogP contribution < -0.4 is 0 Å². The monoisotopic (exact) mass is 218 g/mol. The van der Waals surface area contributed by atoms with Crippen molar-refractivity contribution >= 4 is 0 Å². The van der Waals surface area contributed by atoms with Crippen LogP contribution in [0.3, 0.4) is 0 Å². The summed E-state index contributed by atoms with van der Waals surface area (Å²) in [4.78, 5) is 0. The molecule has 0 aromatic carbocycles. The fourth-order valence-corrected chi connectivity index (χ4v) is 3.62. The number of hydrogen-bond donors (Lipinski definition) is 0. The second-order valence-electron chi connectivity index (χ2n) is 5.93. The highest BCUT2D eigenvalue weighted by atomic mass is 16.5. The van der Waals surface area contributed by atoms with Crippen LogP contribution in [0.5, 0.6) is 0 Å². The van der Waals surface area contributed by atoms with Crippen LogP contribution in [-0.4, -0.2) is 12.7 Å². The van der Waals surface area contributed by atoms with E-state index in [-0.39, 0.29) is 0 Å². The van der Waals surface area contributed by atoms with Gasteiger partial charge in [0.25, 0.3) is 0 Å². The Morgan fingerprint density at radius 2 is 2.12 bits per heavy atom. The van der Waals surface area contributed by atoms with E-state index in [2.05, 4.69) is 19.9 Å². The largest absolute Gasteiger partial charge is 0.373 e. The lowest BCUT2D eigenvalue weighted by Crippen LogP contribution is -2.38. The number of rotatable bonds is 0. The Morgan fingerprint density at radius 3 is 3.00 bits per heavy atom. The Kier molecular flexibility index (Phi) is 2.67. The highest BCUT2D eigenvalue weighted by molar-refractivity contribution is 5.37. The summed E-state index contributed by atoms with van der Waals surface area (Å²) in [6.45, 7) is 5.56. The van der Waals surface area contributed by atoms with Gasteiger partial charge in [0.05, 0.1) is 6.10 Å². The molecule has 0 aromatic rings. The van der Waals surface area contributed by atoms with Crippen molar-refractivity contribution in [1.29, 1.82) is 0 Å². The molecule has 3 atom stereocenters. The van der Waals surface area contributed by atoms with Gasteiger partial charge in [-0.1, -0.05) is 18.6 Å². The van der Waals surface area contributed by atoms with Crippen LogP contribution >= 0.6 is 0 Å². The zero-order valence-electron chi connectivity index (χ0n) is 10.5. The van der Waals surface area contributed by atoms with Gasteiger partial charge in [-0.2, -0.15) is 0 Å². The molecule has 1 fully saturated rings. The summed E-state index contributed by atoms with van der Waals surface area (Å²) in [7, 11) is 0. The Morgan fingerprint density at radius 1 is 1.25 bits per heavy atom. The third kappa shape index (κ3) is 1.75. The van der Waals surface area contributed by atoms with Gasteiger partial charge in [0.2, 0.25) is 0 Å². The van der Waals surface area contributed by atoms with E-state index < -0.39 is 0 Å². The van der Waals surface area contributed by atoms with Crippen molar-refractivity contribution in [1.82, 2.24) is 0 Å². The maximum absolute atomic E-state index is 6.11. The second-order valence-corrected chi connectivity index (χ2v) is 5.93. The first-order chi connectivity index (χ1) is 7.74. The standard InChI is InChI=1S/C15H22O/c1-10-3-6-14-12(7-10)4-5-13-8-11(2)9-16-15(13)14/h7,11,13,15H,3-6,8-9H2,1-2H3. The highest BCUT2D eigenvalue weighted by Gasteiger charge is 2.36. The Balaban J connectivity index is 1.87. The van der Waals surface area contributed by atoms with Crippen LogP contribution in [0.4, 0.5) is 0 Å². The minimum atomic E-state index is 0.476. The topological polar surface area (TPSA) is 9.23 Å². The minimum absolute atomic E-state index is 0.476. The molecule has 0 N–H and O–H groups in total. The fraction of sp³-hybridized carbons (Fsp3) is 0.733. The third-order valence-corrected chi connectivity index (χ3v) is 4.44. The van der Waals surface area contributed by atoms with Crippen LogP contribution in [0.15, 0.2) is 22.8 Å². The van der Waals surface area contributed by atoms with Crippen molar-refractivity contribution in [3.8, 4) is 0 Å². The molecular weight excluding hydrogens is 196 g/mol. The lowest BCUT2D eigenvalue weighted by Gasteiger charge is -2.41. The van der Waals surface area contributed by atoms with Crippen LogP contribution in [0.2, 0.25) is 0 Å². The first-order valence-corrected chi connectivity index (χ1v) is 6.74. The first-order valence-electron chi connectivity index (χ1n) is 6.74. The van der Waals surface area contributed by atoms with E-state index in [0.29, 0.717) is 6.10 Å². The van der Waals surface area contributed by atoms with E-state index in [1.165, 1.54) is 32.1 Å². The smallest absolute Gasteiger partial charge is 0.0819 e. The van der Waals surface area contributed by atoms with Crippen molar-refractivity contribution in [3.05, 3.63) is 22.8 Å². The van der Waals surface area contributed by atoms with Gasteiger partial charge < -0.3 is 4.74 Å². The van der Waals surface area contributed by atoms with Crippen molar-refractivity contribution in [3.63, 3.8) is 0 Å². The highest BCUT2D eigenvalue weighted by Crippen LogP contribution is 2.43. The summed E-state index contributed by atoms with van der Waals surface area (Å²) in [5.41, 5.74) is 4.81. The average Bonchev–Trinajstić information content (AvgIpc) is 2.28. The van der Waals surface area contributed by atoms with E-state index in [4.69, 9.17) is 4.74 Å². The molecule has 16 heavy (non-hydrogen) atoms. The summed E-state index contributed by atoms with van der Waals surface area (Å²) < 4.78 is 6.11. The molecule has 0 aromatic heterocycles. The molecule has 3 rings (SSSR count). The predicted octanol–water partition coefficient (Wildman–Crippen LogP) is 3.86. The number of ether oxygens (including phenoxy) is 1. The van der Waals surface area contributed by atoms with E-state index in [0.717, 1.165) is 18.4 Å². The van der Waals surface area contributed by atoms with Gasteiger partial charge in [0.1, 0.15) is 0 Å². The number of hydrogen-bond acceptors (Lipinski definition) is 1. The first kappa shape index (κ1) is 10.6. The lowest BCUT2D eigenvalue weighted by molar-refractivity contribution is -0.0399. The zero-order valence-corrected chi connectivity index (χ0v) is 10.5. The van der Waals surface area contributed by atoms with E-state index in [1.54, 1.807) is 16.7 Å². The third-order valence-electron chi connectivity index (χ3n) is 4.44. The summed E-state index contributed by atoms with van der Waals surface area (Å²) in [5.74, 6) is 1.58. The summed E-state index contributed by atoms with van der Waals surface area (Å²) in [6.07, 6.45) is 9.43. The summed E-state index contributed by atoms with van der Waals surface area (Å²) in [5, 5.41) is 0. The van der Waals surface area contributed by atoms with Gasteiger partial charge in [-0.15, -0.1) is 0 Å². The molecular formula is C15H22O. The number of allylic oxidation sites excluding steroid dienone is 3. The molecule has 1 saturated heterocycles. The summed E-state index contributed by atoms with van der Waals surface area (Å²) in [6, 6.07) is 0. The zero-order chi connectivity index (χ0) is 11.1. The SMILES string of the molecule is CC1=CC2=C(CC1)C1OCC(C)CC1CC2. The van der Waals surface area contributed by atoms with Gasteiger partial charge in [-0.25, -0.2) is 0 Å². The maximum atomic E-state index is 6.11. The van der Waals surface area contributed by atoms with Gasteiger partial charge in [-0.3, -0.25) is 0 Å². The van der Waals surface area contributed by atoms with E-state index in [9.17, 15) is 0 Å². The maximum Gasteiger partial charge on any atom is 0.0819 e. The quantitative estimate of drug-likeness (QED) is 0.600. The van der Waals surface area contributed by atoms with E-state index in [1.807, 2.05) is 0 Å². The Labute approximate surface area is 98.6 Å². The molecule has 3 unspecified atom stereocenters. The molecule has 88 valence electrons.